The minimum atomic E-state index is -0.455. The molecule has 2 fully saturated rings. The number of fused-ring (bicyclic) bond motifs is 1. The normalized spacial score (nSPS) is 33.4. The van der Waals surface area contributed by atoms with Crippen molar-refractivity contribution in [2.24, 2.45) is 0 Å². The number of likely N-dealkylation sites (tertiary alicyclic amines) is 1. The molecule has 8 heteroatoms. The molecule has 1 aromatic heterocycles. The van der Waals surface area contributed by atoms with Gasteiger partial charge in [0.05, 0.1) is 18.7 Å². The van der Waals surface area contributed by atoms with Crippen LogP contribution in [0.5, 0.6) is 0 Å². The van der Waals surface area contributed by atoms with Crippen LogP contribution in [-0.4, -0.2) is 74.3 Å². The molecular weight excluding hydrogens is 250 g/mol. The lowest BCUT2D eigenvalue weighted by Crippen LogP contribution is -2.36. The van der Waals surface area contributed by atoms with Crippen molar-refractivity contribution in [3.8, 4) is 0 Å². The molecule has 0 bridgehead atoms. The second-order valence-electron chi connectivity index (χ2n) is 5.35. The van der Waals surface area contributed by atoms with Gasteiger partial charge in [-0.1, -0.05) is 4.98 Å². The monoisotopic (exact) mass is 267 g/mol. The Morgan fingerprint density at radius 2 is 2.47 bits per heavy atom. The standard InChI is InChI=1S/C11H17N5O3/c1-13-6-9-11(7-13,15(9)4-5-17)8-14-3-2-12-10(14)16(18)19/h2-3,9,17H,4-8H2,1H3. The second kappa shape index (κ2) is 4.26. The highest BCUT2D eigenvalue weighted by molar-refractivity contribution is 5.24. The minimum Gasteiger partial charge on any atom is -0.395 e. The summed E-state index contributed by atoms with van der Waals surface area (Å²) in [5.74, 6) is -0.112. The first-order valence-corrected chi connectivity index (χ1v) is 6.30. The summed E-state index contributed by atoms with van der Waals surface area (Å²) in [5, 5.41) is 20.0. The van der Waals surface area contributed by atoms with Crippen LogP contribution in [0.2, 0.25) is 0 Å². The Morgan fingerprint density at radius 1 is 1.68 bits per heavy atom. The Kier molecular flexibility index (Phi) is 2.80. The van der Waals surface area contributed by atoms with Crippen LogP contribution in [0.3, 0.4) is 0 Å². The fourth-order valence-electron chi connectivity index (χ4n) is 3.42. The third-order valence-corrected chi connectivity index (χ3v) is 4.17. The zero-order valence-corrected chi connectivity index (χ0v) is 10.8. The summed E-state index contributed by atoms with van der Waals surface area (Å²) in [6.45, 7) is 3.11. The first-order valence-electron chi connectivity index (χ1n) is 6.30. The number of β-amino-alcohol motifs (C(OH)–C–C–N with tert-alkyl or cyclic N) is 1. The van der Waals surface area contributed by atoms with Gasteiger partial charge in [-0.15, -0.1) is 0 Å². The number of nitrogens with zero attached hydrogens (tertiary/aromatic N) is 5. The molecule has 2 aliphatic rings. The first-order chi connectivity index (χ1) is 9.08. The number of piperazine rings is 1. The third kappa shape index (κ3) is 1.83. The van der Waals surface area contributed by atoms with E-state index in [1.165, 1.54) is 6.20 Å². The maximum absolute atomic E-state index is 10.9. The number of imidazole rings is 1. The van der Waals surface area contributed by atoms with Crippen LogP contribution in [-0.2, 0) is 6.54 Å². The van der Waals surface area contributed by atoms with E-state index in [1.807, 2.05) is 7.05 Å². The zero-order chi connectivity index (χ0) is 13.6. The molecular formula is C11H17N5O3. The molecule has 104 valence electrons. The van der Waals surface area contributed by atoms with E-state index < -0.39 is 4.92 Å². The summed E-state index contributed by atoms with van der Waals surface area (Å²) >= 11 is 0. The molecule has 8 nitrogen and oxygen atoms in total. The van der Waals surface area contributed by atoms with E-state index in [4.69, 9.17) is 5.11 Å². The van der Waals surface area contributed by atoms with E-state index >= 15 is 0 Å². The lowest BCUT2D eigenvalue weighted by molar-refractivity contribution is -0.396. The van der Waals surface area contributed by atoms with Gasteiger partial charge >= 0.3 is 5.95 Å². The number of hydrogen-bond acceptors (Lipinski definition) is 6. The average Bonchev–Trinajstić information content (AvgIpc) is 2.73. The molecule has 3 atom stereocenters. The summed E-state index contributed by atoms with van der Waals surface area (Å²) in [5.41, 5.74) is -0.0804. The van der Waals surface area contributed by atoms with E-state index in [0.29, 0.717) is 19.1 Å². The summed E-state index contributed by atoms with van der Waals surface area (Å²) in [7, 11) is 2.05. The van der Waals surface area contributed by atoms with Gasteiger partial charge in [0.15, 0.2) is 0 Å². The first kappa shape index (κ1) is 12.5. The Hall–Kier alpha value is -1.51. The van der Waals surface area contributed by atoms with E-state index in [-0.39, 0.29) is 18.1 Å². The molecule has 0 radical (unpaired) electrons. The molecule has 0 saturated carbocycles. The molecule has 0 amide bonds. The van der Waals surface area contributed by atoms with Crippen molar-refractivity contribution < 1.29 is 10.0 Å². The van der Waals surface area contributed by atoms with Gasteiger partial charge in [-0.3, -0.25) is 4.90 Å². The zero-order valence-electron chi connectivity index (χ0n) is 10.8. The molecule has 2 saturated heterocycles. The van der Waals surface area contributed by atoms with Crippen molar-refractivity contribution in [2.75, 3.05) is 33.3 Å². The topological polar surface area (TPSA) is 87.4 Å². The van der Waals surface area contributed by atoms with Gasteiger partial charge in [-0.25, -0.2) is 4.57 Å². The SMILES string of the molecule is CN1CC2N(CCO)C2(Cn2ccnc2[N+](=O)[O-])C1. The highest BCUT2D eigenvalue weighted by atomic mass is 16.6. The quantitative estimate of drug-likeness (QED) is 0.425. The Bertz CT molecular complexity index is 498. The van der Waals surface area contributed by atoms with Crippen LogP contribution in [0.4, 0.5) is 5.95 Å². The molecule has 3 heterocycles. The lowest BCUT2D eigenvalue weighted by atomic mass is 10.1. The predicted octanol–water partition coefficient (Wildman–Crippen LogP) is -0.848. The maximum atomic E-state index is 10.9. The van der Waals surface area contributed by atoms with Gasteiger partial charge in [-0.05, 0) is 12.0 Å². The predicted molar refractivity (Wildman–Crippen MR) is 66.7 cm³/mol. The van der Waals surface area contributed by atoms with E-state index in [0.717, 1.165) is 13.1 Å². The Balaban J connectivity index is 1.81. The van der Waals surface area contributed by atoms with Gasteiger partial charge in [0.25, 0.3) is 0 Å². The van der Waals surface area contributed by atoms with Crippen LogP contribution in [0.15, 0.2) is 12.4 Å². The number of aliphatic hydroxyl groups is 1. The summed E-state index contributed by atoms with van der Waals surface area (Å²) in [6.07, 6.45) is 3.11. The summed E-state index contributed by atoms with van der Waals surface area (Å²) in [4.78, 5) is 18.7. The molecule has 3 unspecified atom stereocenters. The van der Waals surface area contributed by atoms with Gasteiger partial charge in [0.1, 0.15) is 12.4 Å². The second-order valence-corrected chi connectivity index (χ2v) is 5.35. The molecule has 1 N–H and O–H groups in total. The minimum absolute atomic E-state index is 0.0804. The van der Waals surface area contributed by atoms with Crippen LogP contribution in [0.1, 0.15) is 0 Å². The fourth-order valence-corrected chi connectivity index (χ4v) is 3.42. The van der Waals surface area contributed by atoms with Crippen molar-refractivity contribution >= 4 is 5.95 Å². The Morgan fingerprint density at radius 3 is 3.16 bits per heavy atom. The maximum Gasteiger partial charge on any atom is 0.434 e. The largest absolute Gasteiger partial charge is 0.434 e. The van der Waals surface area contributed by atoms with Gasteiger partial charge in [0.2, 0.25) is 0 Å². The van der Waals surface area contributed by atoms with Gasteiger partial charge in [-0.2, -0.15) is 0 Å². The summed E-state index contributed by atoms with van der Waals surface area (Å²) in [6, 6.07) is 0.381. The molecule has 19 heavy (non-hydrogen) atoms. The average molecular weight is 267 g/mol. The van der Waals surface area contributed by atoms with Crippen LogP contribution >= 0.6 is 0 Å². The molecule has 1 aromatic rings. The van der Waals surface area contributed by atoms with Crippen molar-refractivity contribution in [1.29, 1.82) is 0 Å². The highest BCUT2D eigenvalue weighted by Crippen LogP contribution is 2.47. The van der Waals surface area contributed by atoms with Crippen molar-refractivity contribution in [2.45, 2.75) is 18.1 Å². The molecule has 2 aliphatic heterocycles. The lowest BCUT2D eigenvalue weighted by Gasteiger charge is -2.20. The highest BCUT2D eigenvalue weighted by Gasteiger charge is 2.67. The number of likely N-dealkylation sites (N-methyl/N-ethyl adjacent to an activating group) is 1. The number of aliphatic hydroxyl groups excluding tert-OH is 1. The van der Waals surface area contributed by atoms with Crippen LogP contribution in [0.25, 0.3) is 0 Å². The molecule has 0 aromatic carbocycles. The van der Waals surface area contributed by atoms with Gasteiger partial charge < -0.3 is 20.1 Å². The van der Waals surface area contributed by atoms with E-state index in [1.54, 1.807) is 10.8 Å². The van der Waals surface area contributed by atoms with E-state index in [2.05, 4.69) is 14.8 Å². The van der Waals surface area contributed by atoms with Crippen molar-refractivity contribution in [1.82, 2.24) is 19.4 Å². The number of rotatable bonds is 5. The molecule has 0 spiro atoms. The van der Waals surface area contributed by atoms with Crippen molar-refractivity contribution in [3.05, 3.63) is 22.5 Å². The number of aromatic nitrogens is 2. The van der Waals surface area contributed by atoms with Crippen LogP contribution in [0, 0.1) is 10.1 Å². The summed E-state index contributed by atoms with van der Waals surface area (Å²) < 4.78 is 1.60. The number of nitro groups is 1. The molecule has 3 rings (SSSR count). The third-order valence-electron chi connectivity index (χ3n) is 4.17. The van der Waals surface area contributed by atoms with E-state index in [9.17, 15) is 10.1 Å². The fraction of sp³-hybridized carbons (Fsp3) is 0.727. The Labute approximate surface area is 110 Å². The van der Waals surface area contributed by atoms with Crippen LogP contribution < -0.4 is 0 Å². The molecule has 0 aliphatic carbocycles. The smallest absolute Gasteiger partial charge is 0.395 e. The van der Waals surface area contributed by atoms with Crippen molar-refractivity contribution in [3.63, 3.8) is 0 Å². The number of hydrogen-bond donors (Lipinski definition) is 1. The van der Waals surface area contributed by atoms with Gasteiger partial charge in [0, 0.05) is 25.7 Å².